The van der Waals surface area contributed by atoms with E-state index in [-0.39, 0.29) is 5.91 Å². The molecule has 32 heavy (non-hydrogen) atoms. The van der Waals surface area contributed by atoms with Gasteiger partial charge in [0.15, 0.2) is 11.5 Å². The van der Waals surface area contributed by atoms with E-state index in [2.05, 4.69) is 10.3 Å². The van der Waals surface area contributed by atoms with Gasteiger partial charge in [-0.05, 0) is 54.1 Å². The molecule has 0 aliphatic carbocycles. The number of carbonyl (C=O) groups is 1. The number of aromatic nitrogens is 2. The lowest BCUT2D eigenvalue weighted by Crippen LogP contribution is -2.09. The van der Waals surface area contributed by atoms with Crippen LogP contribution in [0.15, 0.2) is 73.1 Å². The van der Waals surface area contributed by atoms with Crippen LogP contribution in [0.25, 0.3) is 23.0 Å². The van der Waals surface area contributed by atoms with Crippen molar-refractivity contribution in [2.75, 3.05) is 26.6 Å². The molecule has 0 bridgehead atoms. The minimum absolute atomic E-state index is 0.287. The number of nitrogens with zero attached hydrogens (tertiary/aromatic N) is 2. The summed E-state index contributed by atoms with van der Waals surface area (Å²) in [5.74, 6) is 1.50. The van der Waals surface area contributed by atoms with Gasteiger partial charge in [-0.25, -0.2) is 4.98 Å². The zero-order chi connectivity index (χ0) is 22.5. The fraction of sp³-hybridized carbons (Fsp3) is 0.120. The maximum Gasteiger partial charge on any atom is 0.248 e. The van der Waals surface area contributed by atoms with Crippen molar-refractivity contribution in [3.63, 3.8) is 0 Å². The summed E-state index contributed by atoms with van der Waals surface area (Å²) in [6, 6.07) is 16.8. The Bertz CT molecular complexity index is 1260. The average molecular weight is 429 g/mol. The van der Waals surface area contributed by atoms with E-state index in [1.807, 2.05) is 59.3 Å². The first-order valence-corrected chi connectivity index (χ1v) is 9.94. The lowest BCUT2D eigenvalue weighted by Gasteiger charge is -2.10. The third-order valence-corrected chi connectivity index (χ3v) is 4.95. The molecule has 0 saturated heterocycles. The van der Waals surface area contributed by atoms with Crippen molar-refractivity contribution in [1.29, 1.82) is 0 Å². The second-order valence-electron chi connectivity index (χ2n) is 6.94. The minimum atomic E-state index is -0.287. The highest BCUT2D eigenvalue weighted by Gasteiger charge is 2.11. The predicted molar refractivity (Wildman–Crippen MR) is 124 cm³/mol. The third kappa shape index (κ3) is 4.41. The number of ether oxygens (including phenoxy) is 3. The molecule has 0 fully saturated rings. The number of imidazole rings is 1. The number of methoxy groups -OCH3 is 3. The number of rotatable bonds is 7. The summed E-state index contributed by atoms with van der Waals surface area (Å²) < 4.78 is 17.9. The molecule has 0 saturated carbocycles. The summed E-state index contributed by atoms with van der Waals surface area (Å²) >= 11 is 0. The Labute approximate surface area is 185 Å². The van der Waals surface area contributed by atoms with Gasteiger partial charge in [0.1, 0.15) is 11.4 Å². The lowest BCUT2D eigenvalue weighted by atomic mass is 10.1. The molecule has 0 aliphatic rings. The zero-order valence-corrected chi connectivity index (χ0v) is 18.0. The summed E-state index contributed by atoms with van der Waals surface area (Å²) in [7, 11) is 4.71. The maximum absolute atomic E-state index is 12.6. The van der Waals surface area contributed by atoms with Gasteiger partial charge in [0.25, 0.3) is 0 Å². The van der Waals surface area contributed by atoms with Gasteiger partial charge in [0, 0.05) is 24.0 Å². The quantitative estimate of drug-likeness (QED) is 0.432. The van der Waals surface area contributed by atoms with Crippen molar-refractivity contribution in [2.24, 2.45) is 0 Å². The molecule has 2 aromatic heterocycles. The second-order valence-corrected chi connectivity index (χ2v) is 6.94. The van der Waals surface area contributed by atoms with Crippen LogP contribution in [0.3, 0.4) is 0 Å². The highest BCUT2D eigenvalue weighted by atomic mass is 16.5. The van der Waals surface area contributed by atoms with E-state index in [9.17, 15) is 4.79 Å². The number of amides is 1. The number of anilines is 1. The van der Waals surface area contributed by atoms with E-state index in [1.165, 1.54) is 6.08 Å². The molecule has 7 heteroatoms. The van der Waals surface area contributed by atoms with Crippen molar-refractivity contribution in [1.82, 2.24) is 9.38 Å². The summed E-state index contributed by atoms with van der Waals surface area (Å²) in [4.78, 5) is 17.2. The molecule has 1 N–H and O–H groups in total. The molecular formula is C25H23N3O4. The fourth-order valence-electron chi connectivity index (χ4n) is 3.34. The van der Waals surface area contributed by atoms with Gasteiger partial charge in [0.05, 0.1) is 32.7 Å². The molecule has 162 valence electrons. The van der Waals surface area contributed by atoms with Gasteiger partial charge in [0.2, 0.25) is 5.91 Å². The summed E-state index contributed by atoms with van der Waals surface area (Å²) in [6.07, 6.45) is 7.05. The van der Waals surface area contributed by atoms with Crippen LogP contribution in [0, 0.1) is 0 Å². The average Bonchev–Trinajstić information content (AvgIpc) is 3.27. The van der Waals surface area contributed by atoms with E-state index in [1.54, 1.807) is 39.5 Å². The normalized spacial score (nSPS) is 11.0. The first-order chi connectivity index (χ1) is 15.6. The number of hydrogen-bond acceptors (Lipinski definition) is 5. The van der Waals surface area contributed by atoms with Gasteiger partial charge < -0.3 is 23.9 Å². The Kier molecular flexibility index (Phi) is 6.07. The molecule has 4 aromatic rings. The van der Waals surface area contributed by atoms with Crippen LogP contribution in [0.2, 0.25) is 0 Å². The van der Waals surface area contributed by atoms with E-state index >= 15 is 0 Å². The number of benzene rings is 2. The Morgan fingerprint density at radius 2 is 1.72 bits per heavy atom. The number of nitrogens with one attached hydrogen (secondary N) is 1. The summed E-state index contributed by atoms with van der Waals surface area (Å²) in [5.41, 5.74) is 3.89. The van der Waals surface area contributed by atoms with Crippen molar-refractivity contribution in [3.8, 4) is 28.5 Å². The molecular weight excluding hydrogens is 406 g/mol. The van der Waals surface area contributed by atoms with Gasteiger partial charge in [-0.1, -0.05) is 12.1 Å². The Morgan fingerprint density at radius 3 is 2.47 bits per heavy atom. The molecule has 2 aromatic carbocycles. The second kappa shape index (κ2) is 9.26. The summed E-state index contributed by atoms with van der Waals surface area (Å²) in [5, 5.41) is 2.89. The Balaban J connectivity index is 1.55. The van der Waals surface area contributed by atoms with Crippen LogP contribution in [-0.2, 0) is 4.79 Å². The standard InChI is InChI=1S/C25H23N3O4/c1-30-21-11-9-18(20-16-28-13-5-4-6-24(28)26-20)15-19(21)27-25(29)12-8-17-7-10-22(31-2)23(14-17)32-3/h4-16H,1-3H3,(H,27,29)/b12-8+. The molecule has 0 unspecified atom stereocenters. The monoisotopic (exact) mass is 429 g/mol. The van der Waals surface area contributed by atoms with Crippen LogP contribution in [0.1, 0.15) is 5.56 Å². The molecule has 4 rings (SSSR count). The first kappa shape index (κ1) is 21.0. The van der Waals surface area contributed by atoms with Crippen LogP contribution in [-0.4, -0.2) is 36.6 Å². The highest BCUT2D eigenvalue weighted by molar-refractivity contribution is 6.03. The van der Waals surface area contributed by atoms with Crippen LogP contribution >= 0.6 is 0 Å². The Morgan fingerprint density at radius 1 is 0.938 bits per heavy atom. The van der Waals surface area contributed by atoms with Crippen molar-refractivity contribution in [2.45, 2.75) is 0 Å². The fourth-order valence-corrected chi connectivity index (χ4v) is 3.34. The third-order valence-electron chi connectivity index (χ3n) is 4.95. The maximum atomic E-state index is 12.6. The van der Waals surface area contributed by atoms with Crippen molar-refractivity contribution in [3.05, 3.63) is 78.6 Å². The van der Waals surface area contributed by atoms with Gasteiger partial charge in [-0.2, -0.15) is 0 Å². The first-order valence-electron chi connectivity index (χ1n) is 9.94. The van der Waals surface area contributed by atoms with Crippen LogP contribution in [0.5, 0.6) is 17.2 Å². The van der Waals surface area contributed by atoms with Gasteiger partial charge in [-0.3, -0.25) is 4.79 Å². The number of carbonyl (C=O) groups excluding carboxylic acids is 1. The van der Waals surface area contributed by atoms with Gasteiger partial charge >= 0.3 is 0 Å². The van der Waals surface area contributed by atoms with E-state index in [0.717, 1.165) is 22.5 Å². The van der Waals surface area contributed by atoms with Crippen molar-refractivity contribution >= 4 is 23.3 Å². The molecule has 0 spiro atoms. The molecule has 7 nitrogen and oxygen atoms in total. The van der Waals surface area contributed by atoms with Gasteiger partial charge in [-0.15, -0.1) is 0 Å². The van der Waals surface area contributed by atoms with Crippen LogP contribution < -0.4 is 19.5 Å². The van der Waals surface area contributed by atoms with E-state index in [4.69, 9.17) is 14.2 Å². The lowest BCUT2D eigenvalue weighted by molar-refractivity contribution is -0.111. The van der Waals surface area contributed by atoms with E-state index < -0.39 is 0 Å². The Hall–Kier alpha value is -4.26. The SMILES string of the molecule is COc1ccc(-c2cn3ccccc3n2)cc1NC(=O)/C=C/c1ccc(OC)c(OC)c1. The molecule has 2 heterocycles. The summed E-state index contributed by atoms with van der Waals surface area (Å²) in [6.45, 7) is 0. The topological polar surface area (TPSA) is 74.1 Å². The molecule has 0 aliphatic heterocycles. The highest BCUT2D eigenvalue weighted by Crippen LogP contribution is 2.31. The largest absolute Gasteiger partial charge is 0.495 e. The number of hydrogen-bond donors (Lipinski definition) is 1. The number of pyridine rings is 1. The molecule has 0 atom stereocenters. The molecule has 1 amide bonds. The number of fused-ring (bicyclic) bond motifs is 1. The molecule has 0 radical (unpaired) electrons. The smallest absolute Gasteiger partial charge is 0.248 e. The predicted octanol–water partition coefficient (Wildman–Crippen LogP) is 4.68. The zero-order valence-electron chi connectivity index (χ0n) is 18.0. The van der Waals surface area contributed by atoms with Crippen molar-refractivity contribution < 1.29 is 19.0 Å². The minimum Gasteiger partial charge on any atom is -0.495 e. The van der Waals surface area contributed by atoms with Crippen LogP contribution in [0.4, 0.5) is 5.69 Å². The van der Waals surface area contributed by atoms with E-state index in [0.29, 0.717) is 22.9 Å².